The Labute approximate surface area is 116 Å². The van der Waals surface area contributed by atoms with Gasteiger partial charge in [-0.3, -0.25) is 4.79 Å². The molecule has 4 heteroatoms. The van der Waals surface area contributed by atoms with Gasteiger partial charge in [-0.05, 0) is 43.9 Å². The monoisotopic (exact) mass is 311 g/mol. The van der Waals surface area contributed by atoms with E-state index in [4.69, 9.17) is 5.11 Å². The molecule has 3 nitrogen and oxygen atoms in total. The number of aryl methyl sites for hydroxylation is 1. The van der Waals surface area contributed by atoms with E-state index in [-0.39, 0.29) is 12.5 Å². The van der Waals surface area contributed by atoms with Crippen molar-refractivity contribution in [2.75, 3.05) is 13.2 Å². The van der Waals surface area contributed by atoms with Gasteiger partial charge in [0.1, 0.15) is 0 Å². The van der Waals surface area contributed by atoms with Crippen LogP contribution >= 0.6 is 15.9 Å². The Hall–Kier alpha value is -0.870. The molecule has 0 radical (unpaired) electrons. The SMILES string of the molecule is Cc1ccc(C(=O)N(CCO)C2CCC2)cc1Br. The van der Waals surface area contributed by atoms with E-state index >= 15 is 0 Å². The first-order chi connectivity index (χ1) is 8.63. The lowest BCUT2D eigenvalue weighted by molar-refractivity contribution is 0.0525. The van der Waals surface area contributed by atoms with E-state index in [9.17, 15) is 4.79 Å². The molecule has 0 bridgehead atoms. The van der Waals surface area contributed by atoms with Gasteiger partial charge in [0.2, 0.25) is 0 Å². The minimum absolute atomic E-state index is 0.0226. The van der Waals surface area contributed by atoms with Gasteiger partial charge in [-0.25, -0.2) is 0 Å². The Morgan fingerprint density at radius 2 is 2.22 bits per heavy atom. The third-order valence-electron chi connectivity index (χ3n) is 3.54. The summed E-state index contributed by atoms with van der Waals surface area (Å²) < 4.78 is 0.950. The summed E-state index contributed by atoms with van der Waals surface area (Å²) in [6.07, 6.45) is 3.29. The van der Waals surface area contributed by atoms with Crippen molar-refractivity contribution in [2.45, 2.75) is 32.2 Å². The number of halogens is 1. The van der Waals surface area contributed by atoms with Crippen LogP contribution in [0.25, 0.3) is 0 Å². The van der Waals surface area contributed by atoms with Gasteiger partial charge in [-0.2, -0.15) is 0 Å². The molecule has 1 aliphatic carbocycles. The summed E-state index contributed by atoms with van der Waals surface area (Å²) >= 11 is 3.45. The van der Waals surface area contributed by atoms with Gasteiger partial charge >= 0.3 is 0 Å². The number of nitrogens with zero attached hydrogens (tertiary/aromatic N) is 1. The number of rotatable bonds is 4. The van der Waals surface area contributed by atoms with Crippen molar-refractivity contribution in [3.8, 4) is 0 Å². The number of hydrogen-bond donors (Lipinski definition) is 1. The highest BCUT2D eigenvalue weighted by Crippen LogP contribution is 2.27. The molecule has 1 amide bonds. The second-order valence-corrected chi connectivity index (χ2v) is 5.63. The van der Waals surface area contributed by atoms with E-state index in [0.29, 0.717) is 18.2 Å². The summed E-state index contributed by atoms with van der Waals surface area (Å²) in [7, 11) is 0. The number of amides is 1. The lowest BCUT2D eigenvalue weighted by Gasteiger charge is -2.37. The Bertz CT molecular complexity index is 443. The van der Waals surface area contributed by atoms with Crippen LogP contribution in [0, 0.1) is 6.92 Å². The van der Waals surface area contributed by atoms with E-state index in [0.717, 1.165) is 22.9 Å². The van der Waals surface area contributed by atoms with Crippen molar-refractivity contribution >= 4 is 21.8 Å². The molecule has 0 aromatic heterocycles. The zero-order valence-corrected chi connectivity index (χ0v) is 12.1. The van der Waals surface area contributed by atoms with Crippen molar-refractivity contribution in [3.63, 3.8) is 0 Å². The minimum atomic E-state index is 0.0226. The molecule has 1 aromatic rings. The normalized spacial score (nSPS) is 15.3. The van der Waals surface area contributed by atoms with E-state index in [1.165, 1.54) is 6.42 Å². The van der Waals surface area contributed by atoms with Crippen molar-refractivity contribution < 1.29 is 9.90 Å². The molecular weight excluding hydrogens is 294 g/mol. The van der Waals surface area contributed by atoms with Crippen molar-refractivity contribution in [2.24, 2.45) is 0 Å². The van der Waals surface area contributed by atoms with E-state index < -0.39 is 0 Å². The molecule has 18 heavy (non-hydrogen) atoms. The number of carbonyl (C=O) groups is 1. The quantitative estimate of drug-likeness (QED) is 0.929. The third-order valence-corrected chi connectivity index (χ3v) is 4.39. The molecule has 0 aliphatic heterocycles. The fourth-order valence-corrected chi connectivity index (χ4v) is 2.53. The Kier molecular flexibility index (Phi) is 4.40. The second kappa shape index (κ2) is 5.85. The van der Waals surface area contributed by atoms with Crippen LogP contribution < -0.4 is 0 Å². The Morgan fingerprint density at radius 3 is 2.72 bits per heavy atom. The topological polar surface area (TPSA) is 40.5 Å². The zero-order chi connectivity index (χ0) is 13.1. The molecule has 0 spiro atoms. The van der Waals surface area contributed by atoms with Gasteiger partial charge in [0, 0.05) is 22.6 Å². The predicted molar refractivity (Wildman–Crippen MR) is 74.6 cm³/mol. The summed E-state index contributed by atoms with van der Waals surface area (Å²) in [5, 5.41) is 9.10. The maximum absolute atomic E-state index is 12.4. The van der Waals surface area contributed by atoms with Gasteiger partial charge in [0.15, 0.2) is 0 Å². The molecule has 0 heterocycles. The molecule has 98 valence electrons. The molecule has 1 aromatic carbocycles. The second-order valence-electron chi connectivity index (χ2n) is 4.77. The maximum atomic E-state index is 12.4. The Balaban J connectivity index is 2.18. The van der Waals surface area contributed by atoms with Gasteiger partial charge in [0.25, 0.3) is 5.91 Å². The molecular formula is C14H18BrNO2. The maximum Gasteiger partial charge on any atom is 0.254 e. The molecule has 2 rings (SSSR count). The largest absolute Gasteiger partial charge is 0.395 e. The summed E-state index contributed by atoms with van der Waals surface area (Å²) in [6.45, 7) is 2.44. The first-order valence-corrected chi connectivity index (χ1v) is 7.10. The summed E-state index contributed by atoms with van der Waals surface area (Å²) in [5.41, 5.74) is 1.80. The molecule has 0 saturated heterocycles. The number of carbonyl (C=O) groups excluding carboxylic acids is 1. The van der Waals surface area contributed by atoms with Gasteiger partial charge in [-0.1, -0.05) is 22.0 Å². The molecule has 1 saturated carbocycles. The van der Waals surface area contributed by atoms with Crippen molar-refractivity contribution in [1.29, 1.82) is 0 Å². The molecule has 1 aliphatic rings. The lowest BCUT2D eigenvalue weighted by Crippen LogP contribution is -2.45. The van der Waals surface area contributed by atoms with Crippen molar-refractivity contribution in [3.05, 3.63) is 33.8 Å². The average molecular weight is 312 g/mol. The van der Waals surface area contributed by atoms with Crippen LogP contribution in [0.5, 0.6) is 0 Å². The molecule has 0 unspecified atom stereocenters. The van der Waals surface area contributed by atoms with Crippen molar-refractivity contribution in [1.82, 2.24) is 4.90 Å². The van der Waals surface area contributed by atoms with Gasteiger partial charge in [0.05, 0.1) is 6.61 Å². The van der Waals surface area contributed by atoms with Crippen LogP contribution in [0.3, 0.4) is 0 Å². The van der Waals surface area contributed by atoms with Crippen LogP contribution in [0.1, 0.15) is 35.2 Å². The highest BCUT2D eigenvalue weighted by atomic mass is 79.9. The average Bonchev–Trinajstić information content (AvgIpc) is 2.29. The van der Waals surface area contributed by atoms with Crippen LogP contribution in [-0.2, 0) is 0 Å². The highest BCUT2D eigenvalue weighted by molar-refractivity contribution is 9.10. The van der Waals surface area contributed by atoms with E-state index in [1.54, 1.807) is 4.90 Å². The first kappa shape index (κ1) is 13.6. The molecule has 1 N–H and O–H groups in total. The summed E-state index contributed by atoms with van der Waals surface area (Å²) in [6, 6.07) is 5.96. The standard InChI is InChI=1S/C14H18BrNO2/c1-10-5-6-11(9-13(10)15)14(18)16(7-8-17)12-3-2-4-12/h5-6,9,12,17H,2-4,7-8H2,1H3. The highest BCUT2D eigenvalue weighted by Gasteiger charge is 2.28. The molecule has 1 fully saturated rings. The minimum Gasteiger partial charge on any atom is -0.395 e. The van der Waals surface area contributed by atoms with Gasteiger partial charge < -0.3 is 10.0 Å². The number of aliphatic hydroxyl groups is 1. The number of benzene rings is 1. The van der Waals surface area contributed by atoms with E-state index in [1.807, 2.05) is 25.1 Å². The third kappa shape index (κ3) is 2.75. The van der Waals surface area contributed by atoms with Crippen LogP contribution in [0.4, 0.5) is 0 Å². The van der Waals surface area contributed by atoms with Crippen LogP contribution in [-0.4, -0.2) is 35.1 Å². The zero-order valence-electron chi connectivity index (χ0n) is 10.5. The first-order valence-electron chi connectivity index (χ1n) is 6.31. The van der Waals surface area contributed by atoms with Crippen LogP contribution in [0.2, 0.25) is 0 Å². The summed E-state index contributed by atoms with van der Waals surface area (Å²) in [5.74, 6) is 0.0226. The number of hydrogen-bond acceptors (Lipinski definition) is 2. The smallest absolute Gasteiger partial charge is 0.254 e. The van der Waals surface area contributed by atoms with Gasteiger partial charge in [-0.15, -0.1) is 0 Å². The predicted octanol–water partition coefficient (Wildman–Crippen LogP) is 2.74. The fourth-order valence-electron chi connectivity index (χ4n) is 2.15. The Morgan fingerprint density at radius 1 is 1.50 bits per heavy atom. The molecule has 0 atom stereocenters. The van der Waals surface area contributed by atoms with Crippen LogP contribution in [0.15, 0.2) is 22.7 Å². The number of aliphatic hydroxyl groups excluding tert-OH is 1. The van der Waals surface area contributed by atoms with E-state index in [2.05, 4.69) is 15.9 Å². The summed E-state index contributed by atoms with van der Waals surface area (Å²) in [4.78, 5) is 14.2. The fraction of sp³-hybridized carbons (Fsp3) is 0.500. The lowest BCUT2D eigenvalue weighted by atomic mass is 9.91.